The molecule has 0 spiro atoms. The van der Waals surface area contributed by atoms with Crippen molar-refractivity contribution >= 4 is 23.2 Å². The molecule has 1 amide bonds. The van der Waals surface area contributed by atoms with Crippen LogP contribution in [0.3, 0.4) is 0 Å². The third-order valence-corrected chi connectivity index (χ3v) is 3.78. The average Bonchev–Trinajstić information content (AvgIpc) is 2.60. The Morgan fingerprint density at radius 3 is 2.42 bits per heavy atom. The summed E-state index contributed by atoms with van der Waals surface area (Å²) in [5.41, 5.74) is -1.40. The summed E-state index contributed by atoms with van der Waals surface area (Å²) in [6, 6.07) is 9.84. The molecule has 140 valence electrons. The maximum absolute atomic E-state index is 13.1. The van der Waals surface area contributed by atoms with Gasteiger partial charge in [-0.3, -0.25) is 4.79 Å². The molecule has 0 saturated heterocycles. The van der Waals surface area contributed by atoms with Crippen molar-refractivity contribution in [3.05, 3.63) is 53.1 Å². The lowest BCUT2D eigenvalue weighted by Gasteiger charge is -2.20. The van der Waals surface area contributed by atoms with Crippen LogP contribution in [0.15, 0.2) is 42.5 Å². The summed E-state index contributed by atoms with van der Waals surface area (Å²) in [5, 5.41) is 2.19. The molecule has 0 aliphatic heterocycles. The Kier molecular flexibility index (Phi) is 6.37. The van der Waals surface area contributed by atoms with E-state index in [1.807, 2.05) is 0 Å². The number of para-hydroxylation sites is 2. The molecule has 2 aromatic rings. The van der Waals surface area contributed by atoms with Crippen LogP contribution < -0.4 is 14.8 Å². The minimum absolute atomic E-state index is 0.0763. The van der Waals surface area contributed by atoms with Gasteiger partial charge in [-0.05, 0) is 36.8 Å². The van der Waals surface area contributed by atoms with Gasteiger partial charge in [0.05, 0.1) is 18.4 Å². The minimum Gasteiger partial charge on any atom is -0.493 e. The van der Waals surface area contributed by atoms with Gasteiger partial charge in [-0.25, -0.2) is 0 Å². The van der Waals surface area contributed by atoms with Crippen molar-refractivity contribution in [3.8, 4) is 11.5 Å². The van der Waals surface area contributed by atoms with Crippen molar-refractivity contribution in [1.82, 2.24) is 0 Å². The number of hydrogen-bond acceptors (Lipinski definition) is 3. The van der Waals surface area contributed by atoms with Crippen LogP contribution >= 0.6 is 11.6 Å². The predicted molar refractivity (Wildman–Crippen MR) is 92.8 cm³/mol. The Balaban J connectivity index is 2.23. The number of methoxy groups -OCH3 is 1. The van der Waals surface area contributed by atoms with Gasteiger partial charge < -0.3 is 14.8 Å². The number of ether oxygens (including phenoxy) is 2. The number of nitrogens with one attached hydrogen (secondary N) is 1. The summed E-state index contributed by atoms with van der Waals surface area (Å²) in [4.78, 5) is 12.4. The van der Waals surface area contributed by atoms with E-state index in [9.17, 15) is 18.0 Å². The number of carbonyl (C=O) groups excluding carboxylic acids is 1. The van der Waals surface area contributed by atoms with Crippen molar-refractivity contribution in [2.24, 2.45) is 0 Å². The van der Waals surface area contributed by atoms with Crippen LogP contribution in [0.25, 0.3) is 0 Å². The van der Waals surface area contributed by atoms with E-state index >= 15 is 0 Å². The highest BCUT2D eigenvalue weighted by Crippen LogP contribution is 2.36. The first-order valence-electron chi connectivity index (χ1n) is 7.73. The fourth-order valence-corrected chi connectivity index (χ4v) is 2.44. The molecule has 0 unspecified atom stereocenters. The van der Waals surface area contributed by atoms with E-state index in [1.165, 1.54) is 13.2 Å². The normalized spacial score (nSPS) is 12.4. The van der Waals surface area contributed by atoms with E-state index in [2.05, 4.69) is 5.32 Å². The lowest BCUT2D eigenvalue weighted by atomic mass is 10.1. The Morgan fingerprint density at radius 1 is 1.19 bits per heavy atom. The summed E-state index contributed by atoms with van der Waals surface area (Å²) < 4.78 is 50.2. The zero-order valence-electron chi connectivity index (χ0n) is 14.1. The number of halogens is 4. The molecule has 0 fully saturated rings. The van der Waals surface area contributed by atoms with Crippen molar-refractivity contribution in [2.45, 2.75) is 25.6 Å². The molecule has 0 aromatic heterocycles. The van der Waals surface area contributed by atoms with Gasteiger partial charge in [0, 0.05) is 5.02 Å². The minimum atomic E-state index is -4.65. The van der Waals surface area contributed by atoms with Crippen LogP contribution in [-0.2, 0) is 11.0 Å². The lowest BCUT2D eigenvalue weighted by molar-refractivity contribution is -0.137. The maximum Gasteiger partial charge on any atom is 0.418 e. The van der Waals surface area contributed by atoms with Gasteiger partial charge in [-0.1, -0.05) is 30.7 Å². The second kappa shape index (κ2) is 8.31. The van der Waals surface area contributed by atoms with E-state index in [4.69, 9.17) is 21.1 Å². The Labute approximate surface area is 153 Å². The van der Waals surface area contributed by atoms with E-state index in [-0.39, 0.29) is 17.1 Å². The Hall–Kier alpha value is -2.41. The van der Waals surface area contributed by atoms with Crippen LogP contribution in [0.5, 0.6) is 11.5 Å². The molecule has 1 atom stereocenters. The summed E-state index contributed by atoms with van der Waals surface area (Å²) >= 11 is 5.64. The number of alkyl halides is 3. The molecule has 0 aliphatic carbocycles. The van der Waals surface area contributed by atoms with Gasteiger partial charge in [0.15, 0.2) is 17.6 Å². The van der Waals surface area contributed by atoms with Gasteiger partial charge in [-0.2, -0.15) is 13.2 Å². The zero-order chi connectivity index (χ0) is 19.3. The van der Waals surface area contributed by atoms with Crippen LogP contribution in [-0.4, -0.2) is 19.1 Å². The fraction of sp³-hybridized carbons (Fsp3) is 0.278. The monoisotopic (exact) mass is 387 g/mol. The number of rotatable bonds is 6. The van der Waals surface area contributed by atoms with Crippen molar-refractivity contribution in [3.63, 3.8) is 0 Å². The van der Waals surface area contributed by atoms with Gasteiger partial charge in [0.25, 0.3) is 5.91 Å². The maximum atomic E-state index is 13.1. The summed E-state index contributed by atoms with van der Waals surface area (Å²) in [7, 11) is 1.45. The first kappa shape index (κ1) is 19.9. The molecular formula is C18H17ClF3NO3. The molecule has 0 aliphatic rings. The SMILES string of the molecule is CC[C@@H](Oc1ccccc1OC)C(=O)Nc1ccc(Cl)cc1C(F)(F)F. The van der Waals surface area contributed by atoms with Crippen LogP contribution in [0.1, 0.15) is 18.9 Å². The second-order valence-electron chi connectivity index (χ2n) is 5.34. The number of amides is 1. The summed E-state index contributed by atoms with van der Waals surface area (Å²) in [6.45, 7) is 1.69. The molecule has 0 saturated carbocycles. The molecule has 2 rings (SSSR count). The average molecular weight is 388 g/mol. The van der Waals surface area contributed by atoms with E-state index < -0.39 is 23.8 Å². The highest BCUT2D eigenvalue weighted by Gasteiger charge is 2.35. The van der Waals surface area contributed by atoms with Gasteiger partial charge in [-0.15, -0.1) is 0 Å². The quantitative estimate of drug-likeness (QED) is 0.744. The predicted octanol–water partition coefficient (Wildman–Crippen LogP) is 5.16. The highest BCUT2D eigenvalue weighted by molar-refractivity contribution is 6.30. The summed E-state index contributed by atoms with van der Waals surface area (Å²) in [6.07, 6.45) is -5.40. The van der Waals surface area contributed by atoms with Gasteiger partial charge >= 0.3 is 6.18 Å². The largest absolute Gasteiger partial charge is 0.493 e. The third kappa shape index (κ3) is 4.82. The smallest absolute Gasteiger partial charge is 0.418 e. The standard InChI is InChI=1S/C18H17ClF3NO3/c1-3-14(26-16-7-5-4-6-15(16)25-2)17(24)23-13-9-8-11(19)10-12(13)18(20,21)22/h4-10,14H,3H2,1-2H3,(H,23,24)/t14-/m1/s1. The number of hydrogen-bond donors (Lipinski definition) is 1. The first-order valence-corrected chi connectivity index (χ1v) is 8.11. The molecular weight excluding hydrogens is 371 g/mol. The van der Waals surface area contributed by atoms with Crippen molar-refractivity contribution in [1.29, 1.82) is 0 Å². The lowest BCUT2D eigenvalue weighted by Crippen LogP contribution is -2.33. The summed E-state index contributed by atoms with van der Waals surface area (Å²) in [5.74, 6) is 0.0385. The molecule has 8 heteroatoms. The zero-order valence-corrected chi connectivity index (χ0v) is 14.8. The molecule has 0 bridgehead atoms. The van der Waals surface area contributed by atoms with E-state index in [0.29, 0.717) is 11.5 Å². The fourth-order valence-electron chi connectivity index (χ4n) is 2.26. The molecule has 0 radical (unpaired) electrons. The topological polar surface area (TPSA) is 47.6 Å². The Bertz CT molecular complexity index is 781. The molecule has 4 nitrogen and oxygen atoms in total. The third-order valence-electron chi connectivity index (χ3n) is 3.55. The number of carbonyl (C=O) groups is 1. The van der Waals surface area contributed by atoms with E-state index in [1.54, 1.807) is 31.2 Å². The highest BCUT2D eigenvalue weighted by atomic mass is 35.5. The van der Waals surface area contributed by atoms with Crippen molar-refractivity contribution < 1.29 is 27.4 Å². The van der Waals surface area contributed by atoms with E-state index in [0.717, 1.165) is 12.1 Å². The van der Waals surface area contributed by atoms with Gasteiger partial charge in [0.1, 0.15) is 0 Å². The first-order chi connectivity index (χ1) is 12.3. The number of anilines is 1. The van der Waals surface area contributed by atoms with Crippen LogP contribution in [0, 0.1) is 0 Å². The van der Waals surface area contributed by atoms with Crippen LogP contribution in [0.4, 0.5) is 18.9 Å². The molecule has 2 aromatic carbocycles. The van der Waals surface area contributed by atoms with Crippen LogP contribution in [0.2, 0.25) is 5.02 Å². The number of benzene rings is 2. The van der Waals surface area contributed by atoms with Gasteiger partial charge in [0.2, 0.25) is 0 Å². The van der Waals surface area contributed by atoms with Crippen molar-refractivity contribution in [2.75, 3.05) is 12.4 Å². The molecule has 26 heavy (non-hydrogen) atoms. The Morgan fingerprint density at radius 2 is 1.85 bits per heavy atom. The molecule has 0 heterocycles. The second-order valence-corrected chi connectivity index (χ2v) is 5.78. The molecule has 1 N–H and O–H groups in total.